The molecule has 0 heterocycles. The minimum atomic E-state index is -0.463. The van der Waals surface area contributed by atoms with Gasteiger partial charge in [-0.25, -0.2) is 0 Å². The lowest BCUT2D eigenvalue weighted by Gasteiger charge is -2.08. The van der Waals surface area contributed by atoms with Crippen molar-refractivity contribution in [3.63, 3.8) is 0 Å². The van der Waals surface area contributed by atoms with Gasteiger partial charge in [0.15, 0.2) is 0 Å². The fourth-order valence-corrected chi connectivity index (χ4v) is 1.39. The Bertz CT molecular complexity index is 457. The van der Waals surface area contributed by atoms with E-state index < -0.39 is 11.9 Å². The van der Waals surface area contributed by atoms with E-state index in [1.807, 2.05) is 0 Å². The molecular formula is C12H12ClNO3. The number of methoxy groups -OCH3 is 1. The van der Waals surface area contributed by atoms with Crippen molar-refractivity contribution in [1.29, 1.82) is 0 Å². The number of carbonyl (C=O) groups is 2. The number of hydrogen-bond acceptors (Lipinski definition) is 3. The van der Waals surface area contributed by atoms with E-state index in [-0.39, 0.29) is 12.1 Å². The van der Waals surface area contributed by atoms with Crippen LogP contribution in [-0.4, -0.2) is 19.0 Å². The van der Waals surface area contributed by atoms with Gasteiger partial charge in [-0.05, 0) is 12.1 Å². The van der Waals surface area contributed by atoms with E-state index in [2.05, 4.69) is 16.6 Å². The van der Waals surface area contributed by atoms with Gasteiger partial charge < -0.3 is 10.1 Å². The molecule has 90 valence electrons. The molecule has 0 saturated heterocycles. The highest BCUT2D eigenvalue weighted by molar-refractivity contribution is 6.33. The summed E-state index contributed by atoms with van der Waals surface area (Å²) in [7, 11) is 1.27. The molecule has 4 nitrogen and oxygen atoms in total. The lowest BCUT2D eigenvalue weighted by atomic mass is 10.2. The second-order valence-electron chi connectivity index (χ2n) is 3.29. The molecule has 0 aromatic heterocycles. The minimum Gasteiger partial charge on any atom is -0.469 e. The number of carbonyl (C=O) groups excluding carboxylic acids is 2. The Morgan fingerprint density at radius 1 is 1.41 bits per heavy atom. The summed E-state index contributed by atoms with van der Waals surface area (Å²) in [5.41, 5.74) is 0.599. The monoisotopic (exact) mass is 253 g/mol. The molecular weight excluding hydrogens is 242 g/mol. The zero-order chi connectivity index (χ0) is 12.8. The standard InChI is InChI=1S/C12H12ClNO3/c1-8(7-11(15)17-2)14-12(16)9-5-3-4-6-10(9)13/h3-6H,1,7H2,2H3,(H,14,16). The molecule has 5 heteroatoms. The van der Waals surface area contributed by atoms with E-state index in [1.165, 1.54) is 7.11 Å². The van der Waals surface area contributed by atoms with Crippen LogP contribution in [0.5, 0.6) is 0 Å². The van der Waals surface area contributed by atoms with Crippen LogP contribution in [0.2, 0.25) is 5.02 Å². The van der Waals surface area contributed by atoms with Crippen LogP contribution in [0, 0.1) is 0 Å². The second kappa shape index (κ2) is 6.06. The average Bonchev–Trinajstić information content (AvgIpc) is 2.29. The molecule has 0 spiro atoms. The predicted molar refractivity (Wildman–Crippen MR) is 64.7 cm³/mol. The first kappa shape index (κ1) is 13.3. The summed E-state index contributed by atoms with van der Waals surface area (Å²) in [6.45, 7) is 3.56. The van der Waals surface area contributed by atoms with E-state index in [4.69, 9.17) is 11.6 Å². The molecule has 1 rings (SSSR count). The highest BCUT2D eigenvalue weighted by atomic mass is 35.5. The van der Waals surface area contributed by atoms with Crippen LogP contribution < -0.4 is 5.32 Å². The summed E-state index contributed by atoms with van der Waals surface area (Å²) >= 11 is 5.85. The highest BCUT2D eigenvalue weighted by Gasteiger charge is 2.12. The van der Waals surface area contributed by atoms with Crippen molar-refractivity contribution in [3.05, 3.63) is 47.1 Å². The fourth-order valence-electron chi connectivity index (χ4n) is 1.16. The van der Waals surface area contributed by atoms with Gasteiger partial charge in [-0.15, -0.1) is 0 Å². The molecule has 0 saturated carbocycles. The van der Waals surface area contributed by atoms with Crippen LogP contribution in [0.3, 0.4) is 0 Å². The zero-order valence-corrected chi connectivity index (χ0v) is 10.1. The SMILES string of the molecule is C=C(CC(=O)OC)NC(=O)c1ccccc1Cl. The smallest absolute Gasteiger partial charge is 0.311 e. The Morgan fingerprint density at radius 2 is 2.06 bits per heavy atom. The normalized spacial score (nSPS) is 9.53. The summed E-state index contributed by atoms with van der Waals surface area (Å²) in [5.74, 6) is -0.862. The van der Waals surface area contributed by atoms with Gasteiger partial charge >= 0.3 is 5.97 Å². The van der Waals surface area contributed by atoms with E-state index >= 15 is 0 Å². The van der Waals surface area contributed by atoms with E-state index in [0.717, 1.165) is 0 Å². The maximum Gasteiger partial charge on any atom is 0.311 e. The molecule has 0 fully saturated rings. The molecule has 0 aliphatic rings. The van der Waals surface area contributed by atoms with Crippen LogP contribution in [0.1, 0.15) is 16.8 Å². The van der Waals surface area contributed by atoms with Gasteiger partial charge in [-0.2, -0.15) is 0 Å². The average molecular weight is 254 g/mol. The summed E-state index contributed by atoms with van der Waals surface area (Å²) in [6.07, 6.45) is -0.0628. The first-order valence-electron chi connectivity index (χ1n) is 4.85. The van der Waals surface area contributed by atoms with Crippen molar-refractivity contribution >= 4 is 23.5 Å². The number of hydrogen-bond donors (Lipinski definition) is 1. The third kappa shape index (κ3) is 3.92. The van der Waals surface area contributed by atoms with Crippen molar-refractivity contribution in [2.24, 2.45) is 0 Å². The Balaban J connectivity index is 2.64. The molecule has 0 unspecified atom stereocenters. The molecule has 0 bridgehead atoms. The van der Waals surface area contributed by atoms with Gasteiger partial charge in [0, 0.05) is 5.70 Å². The molecule has 1 N–H and O–H groups in total. The molecule has 0 atom stereocenters. The first-order valence-corrected chi connectivity index (χ1v) is 5.23. The van der Waals surface area contributed by atoms with Crippen molar-refractivity contribution in [1.82, 2.24) is 5.32 Å². The van der Waals surface area contributed by atoms with E-state index in [0.29, 0.717) is 10.6 Å². The van der Waals surface area contributed by atoms with Crippen molar-refractivity contribution in [2.45, 2.75) is 6.42 Å². The highest BCUT2D eigenvalue weighted by Crippen LogP contribution is 2.15. The summed E-state index contributed by atoms with van der Waals surface area (Å²) in [4.78, 5) is 22.7. The molecule has 1 amide bonds. The van der Waals surface area contributed by atoms with Gasteiger partial charge in [0.2, 0.25) is 0 Å². The van der Waals surface area contributed by atoms with Crippen LogP contribution in [0.4, 0.5) is 0 Å². The van der Waals surface area contributed by atoms with Gasteiger partial charge in [-0.3, -0.25) is 9.59 Å². The van der Waals surface area contributed by atoms with Crippen LogP contribution >= 0.6 is 11.6 Å². The van der Waals surface area contributed by atoms with E-state index in [9.17, 15) is 9.59 Å². The van der Waals surface area contributed by atoms with Crippen molar-refractivity contribution in [3.8, 4) is 0 Å². The molecule has 1 aromatic carbocycles. The molecule has 0 radical (unpaired) electrons. The first-order chi connectivity index (χ1) is 8.04. The Labute approximate surface area is 104 Å². The summed E-state index contributed by atoms with van der Waals surface area (Å²) in [5, 5.41) is 2.83. The topological polar surface area (TPSA) is 55.4 Å². The number of ether oxygens (including phenoxy) is 1. The van der Waals surface area contributed by atoms with E-state index in [1.54, 1.807) is 24.3 Å². The van der Waals surface area contributed by atoms with Crippen LogP contribution in [-0.2, 0) is 9.53 Å². The lowest BCUT2D eigenvalue weighted by Crippen LogP contribution is -2.24. The lowest BCUT2D eigenvalue weighted by molar-refractivity contribution is -0.139. The zero-order valence-electron chi connectivity index (χ0n) is 9.33. The van der Waals surface area contributed by atoms with Gasteiger partial charge in [0.1, 0.15) is 0 Å². The van der Waals surface area contributed by atoms with Gasteiger partial charge in [0.05, 0.1) is 24.1 Å². The number of halogens is 1. The number of nitrogens with one attached hydrogen (secondary N) is 1. The maximum absolute atomic E-state index is 11.7. The van der Waals surface area contributed by atoms with Gasteiger partial charge in [-0.1, -0.05) is 30.3 Å². The molecule has 1 aromatic rings. The van der Waals surface area contributed by atoms with Crippen molar-refractivity contribution in [2.75, 3.05) is 7.11 Å². The second-order valence-corrected chi connectivity index (χ2v) is 3.70. The molecule has 17 heavy (non-hydrogen) atoms. The molecule has 0 aliphatic heterocycles. The Kier molecular flexibility index (Phi) is 4.72. The largest absolute Gasteiger partial charge is 0.469 e. The summed E-state index contributed by atoms with van der Waals surface area (Å²) in [6, 6.07) is 6.62. The Hall–Kier alpha value is -1.81. The number of esters is 1. The maximum atomic E-state index is 11.7. The Morgan fingerprint density at radius 3 is 2.65 bits per heavy atom. The quantitative estimate of drug-likeness (QED) is 0.837. The van der Waals surface area contributed by atoms with Crippen LogP contribution in [0.25, 0.3) is 0 Å². The third-order valence-electron chi connectivity index (χ3n) is 1.99. The van der Waals surface area contributed by atoms with Crippen LogP contribution in [0.15, 0.2) is 36.5 Å². The fraction of sp³-hybridized carbons (Fsp3) is 0.167. The summed E-state index contributed by atoms with van der Waals surface area (Å²) < 4.78 is 4.45. The number of amides is 1. The predicted octanol–water partition coefficient (Wildman–Crippen LogP) is 2.15. The molecule has 0 aliphatic carbocycles. The third-order valence-corrected chi connectivity index (χ3v) is 2.32. The van der Waals surface area contributed by atoms with Gasteiger partial charge in [0.25, 0.3) is 5.91 Å². The number of benzene rings is 1. The minimum absolute atomic E-state index is 0.0628. The number of rotatable bonds is 4. The van der Waals surface area contributed by atoms with Crippen molar-refractivity contribution < 1.29 is 14.3 Å².